The van der Waals surface area contributed by atoms with Gasteiger partial charge in [-0.25, -0.2) is 9.97 Å². The number of pyridine rings is 1. The second-order valence-electron chi connectivity index (χ2n) is 3.60. The highest BCUT2D eigenvalue weighted by atomic mass is 32.1. The Labute approximate surface area is 98.6 Å². The molecule has 2 aromatic heterocycles. The fourth-order valence-corrected chi connectivity index (χ4v) is 2.09. The van der Waals surface area contributed by atoms with Gasteiger partial charge in [0.2, 0.25) is 0 Å². The van der Waals surface area contributed by atoms with Crippen molar-refractivity contribution in [3.05, 3.63) is 33.9 Å². The molecule has 0 saturated heterocycles. The molecule has 0 aliphatic carbocycles. The van der Waals surface area contributed by atoms with Crippen molar-refractivity contribution < 1.29 is 0 Å². The van der Waals surface area contributed by atoms with E-state index in [-0.39, 0.29) is 0 Å². The molecule has 0 unspecified atom stereocenters. The standard InChI is InChI=1S/C11H14N4S/c1-7-3-4-9(12)11(15-7)13-5-10-8(2)14-6-16-10/h3-4,6H,5,12H2,1-2H3,(H,13,15). The molecule has 0 aliphatic heterocycles. The van der Waals surface area contributed by atoms with Crippen LogP contribution in [0.3, 0.4) is 0 Å². The quantitative estimate of drug-likeness (QED) is 0.855. The molecule has 0 spiro atoms. The molecular weight excluding hydrogens is 220 g/mol. The van der Waals surface area contributed by atoms with Crippen LogP contribution in [0.15, 0.2) is 17.6 Å². The second-order valence-corrected chi connectivity index (χ2v) is 4.54. The van der Waals surface area contributed by atoms with Crippen LogP contribution in [0, 0.1) is 13.8 Å². The largest absolute Gasteiger partial charge is 0.396 e. The molecule has 0 fully saturated rings. The summed E-state index contributed by atoms with van der Waals surface area (Å²) in [6.45, 7) is 4.67. The molecule has 2 aromatic rings. The van der Waals surface area contributed by atoms with Gasteiger partial charge in [-0.15, -0.1) is 11.3 Å². The van der Waals surface area contributed by atoms with Gasteiger partial charge in [-0.05, 0) is 26.0 Å². The van der Waals surface area contributed by atoms with Crippen molar-refractivity contribution in [2.24, 2.45) is 0 Å². The highest BCUT2D eigenvalue weighted by molar-refractivity contribution is 7.09. The molecule has 0 aromatic carbocycles. The Balaban J connectivity index is 2.10. The molecule has 2 rings (SSSR count). The smallest absolute Gasteiger partial charge is 0.149 e. The number of nitrogens with one attached hydrogen (secondary N) is 1. The molecular formula is C11H14N4S. The highest BCUT2D eigenvalue weighted by Gasteiger charge is 2.04. The molecule has 5 heteroatoms. The van der Waals surface area contributed by atoms with E-state index in [1.807, 2.05) is 31.5 Å². The van der Waals surface area contributed by atoms with Crippen molar-refractivity contribution in [3.8, 4) is 0 Å². The molecule has 0 bridgehead atoms. The first-order valence-corrected chi connectivity index (χ1v) is 5.90. The van der Waals surface area contributed by atoms with Gasteiger partial charge < -0.3 is 11.1 Å². The van der Waals surface area contributed by atoms with E-state index in [1.54, 1.807) is 11.3 Å². The predicted molar refractivity (Wildman–Crippen MR) is 67.6 cm³/mol. The first kappa shape index (κ1) is 10.9. The van der Waals surface area contributed by atoms with Crippen LogP contribution in [0.1, 0.15) is 16.3 Å². The van der Waals surface area contributed by atoms with Gasteiger partial charge in [0.1, 0.15) is 5.82 Å². The number of anilines is 2. The Kier molecular flexibility index (Phi) is 3.05. The number of aryl methyl sites for hydroxylation is 2. The Bertz CT molecular complexity index is 492. The summed E-state index contributed by atoms with van der Waals surface area (Å²) < 4.78 is 0. The van der Waals surface area contributed by atoms with Gasteiger partial charge >= 0.3 is 0 Å². The minimum atomic E-state index is 0.674. The average molecular weight is 234 g/mol. The number of nitrogens with zero attached hydrogens (tertiary/aromatic N) is 2. The van der Waals surface area contributed by atoms with E-state index in [9.17, 15) is 0 Å². The van der Waals surface area contributed by atoms with Crippen molar-refractivity contribution in [2.75, 3.05) is 11.1 Å². The molecule has 0 aliphatic rings. The van der Waals surface area contributed by atoms with E-state index in [1.165, 1.54) is 4.88 Å². The summed E-state index contributed by atoms with van der Waals surface area (Å²) >= 11 is 1.64. The number of thiazole rings is 1. The molecule has 4 nitrogen and oxygen atoms in total. The monoisotopic (exact) mass is 234 g/mol. The van der Waals surface area contributed by atoms with Gasteiger partial charge in [-0.3, -0.25) is 0 Å². The summed E-state index contributed by atoms with van der Waals surface area (Å²) in [6.07, 6.45) is 0. The van der Waals surface area contributed by atoms with Crippen molar-refractivity contribution in [3.63, 3.8) is 0 Å². The zero-order valence-corrected chi connectivity index (χ0v) is 10.1. The predicted octanol–water partition coefficient (Wildman–Crippen LogP) is 2.35. The first-order chi connectivity index (χ1) is 7.66. The lowest BCUT2D eigenvalue weighted by Gasteiger charge is -2.08. The second kappa shape index (κ2) is 4.49. The number of nitrogens with two attached hydrogens (primary N) is 1. The van der Waals surface area contributed by atoms with Crippen LogP contribution in [0.5, 0.6) is 0 Å². The Morgan fingerprint density at radius 3 is 2.88 bits per heavy atom. The average Bonchev–Trinajstić information content (AvgIpc) is 2.66. The highest BCUT2D eigenvalue weighted by Crippen LogP contribution is 2.18. The summed E-state index contributed by atoms with van der Waals surface area (Å²) in [6, 6.07) is 3.77. The van der Waals surface area contributed by atoms with Crippen LogP contribution in [-0.2, 0) is 6.54 Å². The van der Waals surface area contributed by atoms with E-state index < -0.39 is 0 Å². The van der Waals surface area contributed by atoms with Crippen molar-refractivity contribution in [1.29, 1.82) is 0 Å². The van der Waals surface area contributed by atoms with E-state index >= 15 is 0 Å². The van der Waals surface area contributed by atoms with E-state index in [4.69, 9.17) is 5.73 Å². The summed E-state index contributed by atoms with van der Waals surface area (Å²) in [4.78, 5) is 9.76. The van der Waals surface area contributed by atoms with Crippen molar-refractivity contribution in [1.82, 2.24) is 9.97 Å². The van der Waals surface area contributed by atoms with Crippen LogP contribution in [0.4, 0.5) is 11.5 Å². The first-order valence-electron chi connectivity index (χ1n) is 5.03. The zero-order valence-electron chi connectivity index (χ0n) is 9.32. The lowest BCUT2D eigenvalue weighted by Crippen LogP contribution is -2.05. The van der Waals surface area contributed by atoms with Crippen LogP contribution in [0.2, 0.25) is 0 Å². The zero-order chi connectivity index (χ0) is 11.5. The number of hydrogen-bond donors (Lipinski definition) is 2. The summed E-state index contributed by atoms with van der Waals surface area (Å²) in [5, 5.41) is 3.23. The third-order valence-corrected chi connectivity index (χ3v) is 3.26. The Morgan fingerprint density at radius 2 is 2.19 bits per heavy atom. The molecule has 0 atom stereocenters. The number of rotatable bonds is 3. The minimum absolute atomic E-state index is 0.674. The van der Waals surface area contributed by atoms with Crippen LogP contribution in [0.25, 0.3) is 0 Å². The minimum Gasteiger partial charge on any atom is -0.396 e. The van der Waals surface area contributed by atoms with E-state index in [0.29, 0.717) is 5.69 Å². The van der Waals surface area contributed by atoms with E-state index in [2.05, 4.69) is 15.3 Å². The lowest BCUT2D eigenvalue weighted by molar-refractivity contribution is 1.08. The normalized spacial score (nSPS) is 10.4. The van der Waals surface area contributed by atoms with Gasteiger partial charge in [0, 0.05) is 10.6 Å². The molecule has 16 heavy (non-hydrogen) atoms. The molecule has 3 N–H and O–H groups in total. The number of aromatic nitrogens is 2. The number of hydrogen-bond acceptors (Lipinski definition) is 5. The van der Waals surface area contributed by atoms with Gasteiger partial charge in [0.05, 0.1) is 23.4 Å². The van der Waals surface area contributed by atoms with Gasteiger partial charge in [0.25, 0.3) is 0 Å². The van der Waals surface area contributed by atoms with Gasteiger partial charge in [-0.2, -0.15) is 0 Å². The molecule has 84 valence electrons. The van der Waals surface area contributed by atoms with Crippen molar-refractivity contribution in [2.45, 2.75) is 20.4 Å². The number of nitrogen functional groups attached to an aromatic ring is 1. The van der Waals surface area contributed by atoms with Gasteiger partial charge in [-0.1, -0.05) is 0 Å². The van der Waals surface area contributed by atoms with E-state index in [0.717, 1.165) is 23.8 Å². The van der Waals surface area contributed by atoms with Gasteiger partial charge in [0.15, 0.2) is 0 Å². The summed E-state index contributed by atoms with van der Waals surface area (Å²) in [5.41, 5.74) is 10.4. The fraction of sp³-hybridized carbons (Fsp3) is 0.273. The Hall–Kier alpha value is -1.62. The van der Waals surface area contributed by atoms with Crippen molar-refractivity contribution >= 4 is 22.8 Å². The maximum absolute atomic E-state index is 5.83. The Morgan fingerprint density at radius 1 is 1.38 bits per heavy atom. The maximum atomic E-state index is 5.83. The summed E-state index contributed by atoms with van der Waals surface area (Å²) in [7, 11) is 0. The lowest BCUT2D eigenvalue weighted by atomic mass is 10.3. The SMILES string of the molecule is Cc1ccc(N)c(NCc2scnc2C)n1. The molecule has 0 amide bonds. The molecule has 0 radical (unpaired) electrons. The third-order valence-electron chi connectivity index (χ3n) is 2.33. The fourth-order valence-electron chi connectivity index (χ4n) is 1.37. The molecule has 2 heterocycles. The maximum Gasteiger partial charge on any atom is 0.149 e. The third kappa shape index (κ3) is 2.30. The topological polar surface area (TPSA) is 63.8 Å². The van der Waals surface area contributed by atoms with Crippen LogP contribution in [-0.4, -0.2) is 9.97 Å². The summed E-state index contributed by atoms with van der Waals surface area (Å²) in [5.74, 6) is 0.743. The molecule has 0 saturated carbocycles. The van der Waals surface area contributed by atoms with Crippen LogP contribution < -0.4 is 11.1 Å². The van der Waals surface area contributed by atoms with Crippen LogP contribution >= 0.6 is 11.3 Å².